The zero-order valence-electron chi connectivity index (χ0n) is 5.64. The largest absolute Gasteiger partial charge is 0.0924 e. The summed E-state index contributed by atoms with van der Waals surface area (Å²) in [5.74, 6) is 0. The topological polar surface area (TPSA) is 0 Å². The predicted octanol–water partition coefficient (Wildman–Crippen LogP) is 3.03. The van der Waals surface area contributed by atoms with Crippen molar-refractivity contribution in [2.75, 3.05) is 5.33 Å². The molecule has 54 valence electrons. The van der Waals surface area contributed by atoms with E-state index in [0.29, 0.717) is 0 Å². The van der Waals surface area contributed by atoms with E-state index in [4.69, 9.17) is 12.2 Å². The fraction of sp³-hybridized carbons (Fsp3) is 0.375. The van der Waals surface area contributed by atoms with Crippen molar-refractivity contribution < 1.29 is 0 Å². The van der Waals surface area contributed by atoms with Crippen molar-refractivity contribution in [1.29, 1.82) is 0 Å². The summed E-state index contributed by atoms with van der Waals surface area (Å²) in [5.41, 5.74) is 1.31. The summed E-state index contributed by atoms with van der Waals surface area (Å²) in [6.07, 6.45) is 8.29. The minimum absolute atomic E-state index is 0.953. The van der Waals surface area contributed by atoms with Gasteiger partial charge in [-0.05, 0) is 12.0 Å². The molecule has 0 aromatic rings. The lowest BCUT2D eigenvalue weighted by Gasteiger charge is -2.07. The van der Waals surface area contributed by atoms with Crippen LogP contribution >= 0.6 is 28.1 Å². The van der Waals surface area contributed by atoms with Gasteiger partial charge in [0.05, 0.1) is 0 Å². The Bertz CT molecular complexity index is 191. The molecule has 0 amide bonds. The van der Waals surface area contributed by atoms with Crippen LogP contribution in [0.5, 0.6) is 0 Å². The molecule has 0 bridgehead atoms. The van der Waals surface area contributed by atoms with Gasteiger partial charge in [0.2, 0.25) is 0 Å². The van der Waals surface area contributed by atoms with E-state index in [1.54, 1.807) is 0 Å². The number of alkyl halides is 1. The van der Waals surface area contributed by atoms with Crippen LogP contribution in [0.15, 0.2) is 23.8 Å². The van der Waals surface area contributed by atoms with Crippen molar-refractivity contribution in [2.24, 2.45) is 0 Å². The third kappa shape index (κ3) is 2.03. The van der Waals surface area contributed by atoms with Crippen molar-refractivity contribution in [1.82, 2.24) is 0 Å². The summed E-state index contributed by atoms with van der Waals surface area (Å²) in [5, 5.41) is 1.01. The fourth-order valence-electron chi connectivity index (χ4n) is 0.908. The van der Waals surface area contributed by atoms with Gasteiger partial charge in [-0.2, -0.15) is 0 Å². The zero-order chi connectivity index (χ0) is 7.40. The summed E-state index contributed by atoms with van der Waals surface area (Å²) in [6.45, 7) is 0. The van der Waals surface area contributed by atoms with Crippen LogP contribution in [0.1, 0.15) is 12.8 Å². The Morgan fingerprint density at radius 3 is 3.00 bits per heavy atom. The predicted molar refractivity (Wildman–Crippen MR) is 52.8 cm³/mol. The number of allylic oxidation sites excluding steroid dienone is 4. The lowest BCUT2D eigenvalue weighted by molar-refractivity contribution is 1.19. The van der Waals surface area contributed by atoms with Crippen LogP contribution in [0.4, 0.5) is 0 Å². The van der Waals surface area contributed by atoms with Crippen LogP contribution in [0, 0.1) is 0 Å². The molecule has 0 unspecified atom stereocenters. The molecular formula is C8H9BrS. The third-order valence-corrected chi connectivity index (χ3v) is 2.28. The highest BCUT2D eigenvalue weighted by atomic mass is 79.9. The molecule has 1 aliphatic rings. The summed E-state index contributed by atoms with van der Waals surface area (Å²) in [6, 6.07) is 0. The Morgan fingerprint density at radius 2 is 2.40 bits per heavy atom. The van der Waals surface area contributed by atoms with Gasteiger partial charge in [-0.1, -0.05) is 46.4 Å². The van der Waals surface area contributed by atoms with Gasteiger partial charge in [-0.25, -0.2) is 0 Å². The molecule has 0 aromatic heterocycles. The number of hydrogen-bond acceptors (Lipinski definition) is 1. The molecule has 0 radical (unpaired) electrons. The highest BCUT2D eigenvalue weighted by Gasteiger charge is 2.03. The van der Waals surface area contributed by atoms with Gasteiger partial charge in [0.15, 0.2) is 0 Å². The molecule has 10 heavy (non-hydrogen) atoms. The molecule has 0 atom stereocenters. The van der Waals surface area contributed by atoms with Crippen LogP contribution in [-0.4, -0.2) is 10.2 Å². The van der Waals surface area contributed by atoms with E-state index in [2.05, 4.69) is 34.2 Å². The first-order valence-corrected chi connectivity index (χ1v) is 4.82. The smallest absolute Gasteiger partial charge is 0.0222 e. The van der Waals surface area contributed by atoms with Crippen molar-refractivity contribution in [3.05, 3.63) is 23.8 Å². The van der Waals surface area contributed by atoms with E-state index in [0.717, 1.165) is 23.0 Å². The first-order chi connectivity index (χ1) is 4.84. The van der Waals surface area contributed by atoms with Crippen LogP contribution in [-0.2, 0) is 0 Å². The Balaban J connectivity index is 2.61. The number of hydrogen-bond donors (Lipinski definition) is 0. The fourth-order valence-corrected chi connectivity index (χ4v) is 1.60. The molecule has 0 N–H and O–H groups in total. The van der Waals surface area contributed by atoms with Crippen molar-refractivity contribution >= 4 is 33.0 Å². The molecule has 0 fully saturated rings. The molecule has 0 nitrogen and oxygen atoms in total. The van der Waals surface area contributed by atoms with Gasteiger partial charge >= 0.3 is 0 Å². The lowest BCUT2D eigenvalue weighted by atomic mass is 10.0. The van der Waals surface area contributed by atoms with Gasteiger partial charge in [-0.15, -0.1) is 0 Å². The van der Waals surface area contributed by atoms with Gasteiger partial charge < -0.3 is 0 Å². The maximum atomic E-state index is 5.15. The van der Waals surface area contributed by atoms with Crippen LogP contribution in [0.2, 0.25) is 0 Å². The third-order valence-electron chi connectivity index (χ3n) is 1.46. The van der Waals surface area contributed by atoms with E-state index in [1.165, 1.54) is 5.57 Å². The van der Waals surface area contributed by atoms with E-state index >= 15 is 0 Å². The second-order valence-corrected chi connectivity index (χ2v) is 3.47. The summed E-state index contributed by atoms with van der Waals surface area (Å²) < 4.78 is 0. The Morgan fingerprint density at radius 1 is 1.60 bits per heavy atom. The van der Waals surface area contributed by atoms with Crippen LogP contribution in [0.3, 0.4) is 0 Å². The minimum atomic E-state index is 0.953. The molecule has 1 rings (SSSR count). The highest BCUT2D eigenvalue weighted by molar-refractivity contribution is 9.09. The van der Waals surface area contributed by atoms with E-state index in [-0.39, 0.29) is 0 Å². The molecule has 0 spiro atoms. The molecule has 0 saturated carbocycles. The average molecular weight is 217 g/mol. The molecule has 2 heteroatoms. The zero-order valence-corrected chi connectivity index (χ0v) is 8.04. The lowest BCUT2D eigenvalue weighted by Crippen LogP contribution is -2.01. The van der Waals surface area contributed by atoms with E-state index in [9.17, 15) is 0 Å². The van der Waals surface area contributed by atoms with Crippen molar-refractivity contribution in [3.8, 4) is 0 Å². The Hall–Kier alpha value is 0.0500. The first kappa shape index (κ1) is 8.15. The molecule has 0 aliphatic heterocycles. The summed E-state index contributed by atoms with van der Waals surface area (Å²) in [7, 11) is 0. The maximum absolute atomic E-state index is 5.15. The first-order valence-electron chi connectivity index (χ1n) is 3.29. The summed E-state index contributed by atoms with van der Waals surface area (Å²) >= 11 is 8.54. The number of thiocarbonyl (C=S) groups is 1. The standard InChI is InChI=1S/C8H9BrS/c9-6-5-7-3-1-2-4-8(7)10/h1-3H,4-6H2. The van der Waals surface area contributed by atoms with E-state index in [1.807, 2.05) is 0 Å². The van der Waals surface area contributed by atoms with E-state index < -0.39 is 0 Å². The molecule has 0 saturated heterocycles. The Kier molecular flexibility index (Phi) is 3.29. The Labute approximate surface area is 75.1 Å². The van der Waals surface area contributed by atoms with Crippen LogP contribution in [0.25, 0.3) is 0 Å². The quantitative estimate of drug-likeness (QED) is 0.506. The SMILES string of the molecule is S=C1CC=CC=C1CCBr. The van der Waals surface area contributed by atoms with Gasteiger partial charge in [0, 0.05) is 16.6 Å². The molecule has 0 aromatic carbocycles. The minimum Gasteiger partial charge on any atom is -0.0924 e. The molecular weight excluding hydrogens is 208 g/mol. The number of halogens is 1. The molecule has 0 heterocycles. The molecule has 1 aliphatic carbocycles. The maximum Gasteiger partial charge on any atom is 0.0222 e. The second-order valence-electron chi connectivity index (χ2n) is 2.19. The van der Waals surface area contributed by atoms with Gasteiger partial charge in [-0.3, -0.25) is 0 Å². The second kappa shape index (κ2) is 4.04. The van der Waals surface area contributed by atoms with Gasteiger partial charge in [0.25, 0.3) is 0 Å². The van der Waals surface area contributed by atoms with Gasteiger partial charge in [0.1, 0.15) is 0 Å². The monoisotopic (exact) mass is 216 g/mol. The number of rotatable bonds is 2. The highest BCUT2D eigenvalue weighted by Crippen LogP contribution is 2.14. The van der Waals surface area contributed by atoms with Crippen molar-refractivity contribution in [3.63, 3.8) is 0 Å². The summed E-state index contributed by atoms with van der Waals surface area (Å²) in [4.78, 5) is 1.10. The normalized spacial score (nSPS) is 17.3. The van der Waals surface area contributed by atoms with Crippen LogP contribution < -0.4 is 0 Å². The van der Waals surface area contributed by atoms with Crippen molar-refractivity contribution in [2.45, 2.75) is 12.8 Å². The average Bonchev–Trinajstić information content (AvgIpc) is 1.94.